The van der Waals surface area contributed by atoms with Crippen molar-refractivity contribution in [2.75, 3.05) is 12.3 Å². The van der Waals surface area contributed by atoms with Crippen LogP contribution in [0, 0.1) is 0 Å². The Kier molecular flexibility index (Phi) is 3.17. The van der Waals surface area contributed by atoms with Crippen molar-refractivity contribution < 1.29 is 4.79 Å². The van der Waals surface area contributed by atoms with Gasteiger partial charge < -0.3 is 5.73 Å². The van der Waals surface area contributed by atoms with Crippen LogP contribution >= 0.6 is 12.6 Å². The van der Waals surface area contributed by atoms with Gasteiger partial charge in [0.15, 0.2) is 5.78 Å². The normalized spacial score (nSPS) is 8.33. The van der Waals surface area contributed by atoms with Crippen molar-refractivity contribution in [3.05, 3.63) is 0 Å². The lowest BCUT2D eigenvalue weighted by molar-refractivity contribution is -0.115. The maximum atomic E-state index is 9.98. The zero-order valence-corrected chi connectivity index (χ0v) is 4.24. The van der Waals surface area contributed by atoms with Crippen LogP contribution in [0.2, 0.25) is 0 Å². The summed E-state index contributed by atoms with van der Waals surface area (Å²) in [6.45, 7) is 0.115. The lowest BCUT2D eigenvalue weighted by Gasteiger charge is -1.81. The van der Waals surface area contributed by atoms with Crippen molar-refractivity contribution >= 4 is 18.4 Å². The molecule has 3 heteroatoms. The van der Waals surface area contributed by atoms with E-state index in [4.69, 9.17) is 5.73 Å². The molecule has 0 amide bonds. The first kappa shape index (κ1) is 5.98. The van der Waals surface area contributed by atoms with Crippen molar-refractivity contribution in [3.63, 3.8) is 0 Å². The zero-order valence-electron chi connectivity index (χ0n) is 3.35. The van der Waals surface area contributed by atoms with Gasteiger partial charge in [-0.1, -0.05) is 0 Å². The highest BCUT2D eigenvalue weighted by atomic mass is 32.1. The number of nitrogens with two attached hydrogens (primary N) is 1. The summed E-state index contributed by atoms with van der Waals surface area (Å²) in [5.74, 6) is 0.245. The van der Waals surface area contributed by atoms with Crippen molar-refractivity contribution in [1.29, 1.82) is 0 Å². The van der Waals surface area contributed by atoms with Gasteiger partial charge in [-0.2, -0.15) is 12.6 Å². The number of rotatable bonds is 2. The molecule has 0 bridgehead atoms. The topological polar surface area (TPSA) is 43.1 Å². The molecule has 0 saturated heterocycles. The first-order valence-electron chi connectivity index (χ1n) is 1.64. The van der Waals surface area contributed by atoms with E-state index in [1.165, 1.54) is 0 Å². The van der Waals surface area contributed by atoms with E-state index in [9.17, 15) is 4.79 Å². The lowest BCUT2D eigenvalue weighted by Crippen LogP contribution is -2.13. The Balaban J connectivity index is 2.99. The van der Waals surface area contributed by atoms with Crippen LogP contribution in [-0.2, 0) is 4.79 Å². The maximum absolute atomic E-state index is 9.98. The van der Waals surface area contributed by atoms with Gasteiger partial charge >= 0.3 is 0 Å². The molecule has 0 atom stereocenters. The summed E-state index contributed by atoms with van der Waals surface area (Å²) in [5.41, 5.74) is 4.88. The van der Waals surface area contributed by atoms with Crippen LogP contribution in [0.15, 0.2) is 0 Å². The quantitative estimate of drug-likeness (QED) is 0.462. The Morgan fingerprint density at radius 2 is 2.33 bits per heavy atom. The molecule has 0 aliphatic heterocycles. The van der Waals surface area contributed by atoms with Gasteiger partial charge in [0.2, 0.25) is 0 Å². The molecule has 0 aromatic rings. The fraction of sp³-hybridized carbons (Fsp3) is 0.667. The molecular weight excluding hydrogens is 98.1 g/mol. The van der Waals surface area contributed by atoms with Crippen LogP contribution in [0.4, 0.5) is 0 Å². The summed E-state index contributed by atoms with van der Waals surface area (Å²) in [5, 5.41) is 0. The third-order valence-corrected chi connectivity index (χ3v) is 0.757. The number of hydrogen-bond acceptors (Lipinski definition) is 3. The molecule has 0 aliphatic rings. The van der Waals surface area contributed by atoms with Crippen molar-refractivity contribution in [3.8, 4) is 0 Å². The van der Waals surface area contributed by atoms with Crippen molar-refractivity contribution in [1.82, 2.24) is 0 Å². The predicted octanol–water partition coefficient (Wildman–Crippen LogP) is -0.556. The fourth-order valence-corrected chi connectivity index (χ4v) is 0.194. The Bertz CT molecular complexity index is 48.8. The zero-order chi connectivity index (χ0) is 4.99. The van der Waals surface area contributed by atoms with Gasteiger partial charge in [0, 0.05) is 0 Å². The molecule has 0 heterocycles. The standard InChI is InChI=1S/C3H7NOS/c4-1-3(5)2-6/h6H,1-2,4H2. The molecule has 0 spiro atoms. The van der Waals surface area contributed by atoms with Gasteiger partial charge in [-0.05, 0) is 0 Å². The number of thiol groups is 1. The molecule has 0 rings (SSSR count). The van der Waals surface area contributed by atoms with Crippen LogP contribution in [0.3, 0.4) is 0 Å². The minimum atomic E-state index is -0.0154. The van der Waals surface area contributed by atoms with Crippen LogP contribution in [0.25, 0.3) is 0 Å². The SMILES string of the molecule is NCC(=O)CS. The number of carbonyl (C=O) groups excluding carboxylic acids is 1. The molecule has 36 valence electrons. The Labute approximate surface area is 42.1 Å². The number of ketones is 1. The first-order valence-corrected chi connectivity index (χ1v) is 2.27. The number of Topliss-reactive ketones (excluding diaryl/α,β-unsaturated/α-hetero) is 1. The fourth-order valence-electron chi connectivity index (χ4n) is 0.0645. The summed E-state index contributed by atoms with van der Waals surface area (Å²) in [4.78, 5) is 9.98. The molecule has 6 heavy (non-hydrogen) atoms. The highest BCUT2D eigenvalue weighted by Crippen LogP contribution is 1.70. The molecule has 0 aliphatic carbocycles. The average Bonchev–Trinajstić information content (AvgIpc) is 1.65. The Morgan fingerprint density at radius 1 is 1.83 bits per heavy atom. The van der Waals surface area contributed by atoms with E-state index in [2.05, 4.69) is 12.6 Å². The van der Waals surface area contributed by atoms with Crippen LogP contribution in [0.5, 0.6) is 0 Å². The molecule has 0 saturated carbocycles. The Morgan fingerprint density at radius 3 is 2.33 bits per heavy atom. The molecule has 2 N–H and O–H groups in total. The second-order valence-corrected chi connectivity index (χ2v) is 1.22. The third kappa shape index (κ3) is 2.23. The third-order valence-electron chi connectivity index (χ3n) is 0.404. The van der Waals surface area contributed by atoms with Crippen LogP contribution in [0.1, 0.15) is 0 Å². The van der Waals surface area contributed by atoms with Crippen molar-refractivity contribution in [2.24, 2.45) is 5.73 Å². The van der Waals surface area contributed by atoms with Gasteiger partial charge in [-0.25, -0.2) is 0 Å². The monoisotopic (exact) mass is 105 g/mol. The van der Waals surface area contributed by atoms with Gasteiger partial charge in [0.25, 0.3) is 0 Å². The maximum Gasteiger partial charge on any atom is 0.155 e. The molecule has 0 aromatic carbocycles. The van der Waals surface area contributed by atoms with Gasteiger partial charge in [0.1, 0.15) is 0 Å². The Hall–Kier alpha value is -0.0200. The minimum absolute atomic E-state index is 0.0154. The summed E-state index contributed by atoms with van der Waals surface area (Å²) in [7, 11) is 0. The van der Waals surface area contributed by atoms with E-state index in [1.54, 1.807) is 0 Å². The van der Waals surface area contributed by atoms with E-state index >= 15 is 0 Å². The summed E-state index contributed by atoms with van der Waals surface area (Å²) < 4.78 is 0. The highest BCUT2D eigenvalue weighted by molar-refractivity contribution is 7.81. The van der Waals surface area contributed by atoms with E-state index in [1.807, 2.05) is 0 Å². The number of carbonyl (C=O) groups is 1. The van der Waals surface area contributed by atoms with Crippen LogP contribution < -0.4 is 5.73 Å². The van der Waals surface area contributed by atoms with Crippen molar-refractivity contribution in [2.45, 2.75) is 0 Å². The number of hydrogen-bond donors (Lipinski definition) is 2. The highest BCUT2D eigenvalue weighted by Gasteiger charge is 1.87. The molecule has 2 nitrogen and oxygen atoms in total. The minimum Gasteiger partial charge on any atom is -0.324 e. The molecule has 0 fully saturated rings. The summed E-state index contributed by atoms with van der Waals surface area (Å²) in [6.07, 6.45) is 0. The largest absolute Gasteiger partial charge is 0.324 e. The van der Waals surface area contributed by atoms with E-state index in [0.717, 1.165) is 0 Å². The second kappa shape index (κ2) is 3.18. The molecular formula is C3H7NOS. The molecule has 0 aromatic heterocycles. The second-order valence-electron chi connectivity index (χ2n) is 0.901. The lowest BCUT2D eigenvalue weighted by atomic mass is 10.5. The predicted molar refractivity (Wildman–Crippen MR) is 27.9 cm³/mol. The van der Waals surface area contributed by atoms with Gasteiger partial charge in [-0.15, -0.1) is 0 Å². The average molecular weight is 105 g/mol. The van der Waals surface area contributed by atoms with Crippen LogP contribution in [-0.4, -0.2) is 18.1 Å². The summed E-state index contributed by atoms with van der Waals surface area (Å²) >= 11 is 3.67. The summed E-state index contributed by atoms with van der Waals surface area (Å²) in [6, 6.07) is 0. The first-order chi connectivity index (χ1) is 2.81. The van der Waals surface area contributed by atoms with E-state index < -0.39 is 0 Å². The molecule has 0 radical (unpaired) electrons. The van der Waals surface area contributed by atoms with E-state index in [-0.39, 0.29) is 18.1 Å². The van der Waals surface area contributed by atoms with Gasteiger partial charge in [0.05, 0.1) is 12.3 Å². The van der Waals surface area contributed by atoms with E-state index in [0.29, 0.717) is 0 Å². The van der Waals surface area contributed by atoms with Gasteiger partial charge in [-0.3, -0.25) is 4.79 Å². The molecule has 0 unspecified atom stereocenters. The smallest absolute Gasteiger partial charge is 0.155 e.